The van der Waals surface area contributed by atoms with Crippen molar-refractivity contribution in [3.8, 4) is 61.8 Å². The summed E-state index contributed by atoms with van der Waals surface area (Å²) in [5.41, 5.74) is 18.3. The molecule has 0 fully saturated rings. The summed E-state index contributed by atoms with van der Waals surface area (Å²) in [6.07, 6.45) is 4.29. The molecule has 0 atom stereocenters. The van der Waals surface area contributed by atoms with E-state index < -0.39 is 0 Å². The van der Waals surface area contributed by atoms with E-state index in [9.17, 15) is 0 Å². The Labute approximate surface area is 394 Å². The second kappa shape index (κ2) is 15.5. The van der Waals surface area contributed by atoms with Gasteiger partial charge >= 0.3 is 0 Å². The van der Waals surface area contributed by atoms with Crippen LogP contribution >= 0.6 is 0 Å². The van der Waals surface area contributed by atoms with E-state index >= 15 is 0 Å². The lowest BCUT2D eigenvalue weighted by molar-refractivity contribution is 0.661. The summed E-state index contributed by atoms with van der Waals surface area (Å²) in [6, 6.07) is 70.9. The molecule has 5 nitrogen and oxygen atoms in total. The number of para-hydroxylation sites is 2. The smallest absolute Gasteiger partial charge is 0.164 e. The molecule has 13 rings (SSSR count). The number of fused-ring (bicyclic) bond motifs is 9. The number of rotatable bonds is 7. The lowest BCUT2D eigenvalue weighted by atomic mass is 9.80. The molecule has 0 saturated carbocycles. The Bertz CT molecular complexity index is 4010. The van der Waals surface area contributed by atoms with Gasteiger partial charge in [0.2, 0.25) is 0 Å². The van der Waals surface area contributed by atoms with Crippen LogP contribution in [0.15, 0.2) is 205 Å². The topological polar surface area (TPSA) is 56.7 Å². The second-order valence-electron chi connectivity index (χ2n) is 18.4. The molecule has 5 heteroatoms. The number of nitrogens with zero attached hydrogens (tertiary/aromatic N) is 4. The van der Waals surface area contributed by atoms with E-state index in [0.29, 0.717) is 17.5 Å². The highest BCUT2D eigenvalue weighted by Gasteiger charge is 2.38. The third kappa shape index (κ3) is 6.20. The lowest BCUT2D eigenvalue weighted by Gasteiger charge is -2.24. The van der Waals surface area contributed by atoms with Crippen LogP contribution < -0.4 is 0 Å². The van der Waals surface area contributed by atoms with Crippen molar-refractivity contribution in [3.05, 3.63) is 228 Å². The first-order chi connectivity index (χ1) is 33.4. The summed E-state index contributed by atoms with van der Waals surface area (Å²) in [4.78, 5) is 15.8. The van der Waals surface area contributed by atoms with E-state index in [1.807, 2.05) is 18.2 Å². The highest BCUT2D eigenvalue weighted by molar-refractivity contribution is 6.16. The summed E-state index contributed by atoms with van der Waals surface area (Å²) < 4.78 is 9.31. The van der Waals surface area contributed by atoms with Gasteiger partial charge in [0.25, 0.3) is 0 Å². The molecule has 0 aliphatic heterocycles. The van der Waals surface area contributed by atoms with E-state index in [1.165, 1.54) is 33.4 Å². The maximum Gasteiger partial charge on any atom is 0.164 e. The van der Waals surface area contributed by atoms with Crippen LogP contribution in [0.3, 0.4) is 0 Å². The van der Waals surface area contributed by atoms with E-state index in [1.54, 1.807) is 0 Å². The second-order valence-corrected chi connectivity index (χ2v) is 18.4. The standard InChI is InChI=1S/C63H44N4O/c1-39-18-10-11-23-43(39)44-33-34-49-46-25-13-15-30-54(46)67(55-31-17-27-50-52-38-42(40-19-6-4-7-20-40)32-36-56(52)68-60(50)55)59(49)48(44)35-37-57-64-61(41-21-8-5-9-22-41)66-62(65-57)51-28-16-26-47-45-24-12-14-29-53(45)63(2,3)58(47)51/h4-38H,1-3H3/b37-35-. The zero-order valence-corrected chi connectivity index (χ0v) is 37.9. The Morgan fingerprint density at radius 1 is 0.471 bits per heavy atom. The fourth-order valence-corrected chi connectivity index (χ4v) is 10.9. The summed E-state index contributed by atoms with van der Waals surface area (Å²) in [5, 5.41) is 4.45. The molecule has 322 valence electrons. The number of benzene rings is 9. The van der Waals surface area contributed by atoms with Gasteiger partial charge in [-0.1, -0.05) is 190 Å². The molecule has 0 unspecified atom stereocenters. The SMILES string of the molecule is Cc1ccccc1-c1ccc2c3ccccc3n(-c3cccc4c3oc3ccc(-c5ccccc5)cc34)c2c1/C=C\c1nc(-c2ccccc2)nc(-c2cccc3c2C(C)(C)c2ccccc2-3)n1. The summed E-state index contributed by atoms with van der Waals surface area (Å²) in [6.45, 7) is 6.80. The highest BCUT2D eigenvalue weighted by atomic mass is 16.3. The van der Waals surface area contributed by atoms with Crippen molar-refractivity contribution >= 4 is 55.9 Å². The number of furan rings is 1. The summed E-state index contributed by atoms with van der Waals surface area (Å²) >= 11 is 0. The fourth-order valence-electron chi connectivity index (χ4n) is 10.9. The van der Waals surface area contributed by atoms with Crippen LogP contribution in [0.5, 0.6) is 0 Å². The molecule has 1 aliphatic rings. The first-order valence-corrected chi connectivity index (χ1v) is 23.3. The predicted molar refractivity (Wildman–Crippen MR) is 281 cm³/mol. The van der Waals surface area contributed by atoms with Crippen LogP contribution in [0, 0.1) is 6.92 Å². The first-order valence-electron chi connectivity index (χ1n) is 23.3. The average molecular weight is 873 g/mol. The van der Waals surface area contributed by atoms with Crippen LogP contribution in [-0.2, 0) is 5.41 Å². The van der Waals surface area contributed by atoms with Crippen molar-refractivity contribution in [2.45, 2.75) is 26.2 Å². The Morgan fingerprint density at radius 2 is 1.15 bits per heavy atom. The Hall–Kier alpha value is -8.67. The average Bonchev–Trinajstić information content (AvgIpc) is 4.01. The Kier molecular flexibility index (Phi) is 9.02. The minimum Gasteiger partial charge on any atom is -0.454 e. The zero-order valence-electron chi connectivity index (χ0n) is 37.9. The van der Waals surface area contributed by atoms with Gasteiger partial charge in [0.05, 0.1) is 16.7 Å². The van der Waals surface area contributed by atoms with Gasteiger partial charge in [-0.05, 0) is 93.4 Å². The van der Waals surface area contributed by atoms with Crippen LogP contribution in [0.4, 0.5) is 0 Å². The molecule has 3 aromatic heterocycles. The zero-order chi connectivity index (χ0) is 45.5. The molecule has 0 radical (unpaired) electrons. The van der Waals surface area contributed by atoms with Gasteiger partial charge in [-0.15, -0.1) is 0 Å². The van der Waals surface area contributed by atoms with Crippen molar-refractivity contribution < 1.29 is 4.42 Å². The summed E-state index contributed by atoms with van der Waals surface area (Å²) in [7, 11) is 0. The molecule has 0 N–H and O–H groups in total. The number of hydrogen-bond donors (Lipinski definition) is 0. The van der Waals surface area contributed by atoms with Crippen molar-refractivity contribution in [2.75, 3.05) is 0 Å². The molecule has 68 heavy (non-hydrogen) atoms. The van der Waals surface area contributed by atoms with Crippen LogP contribution in [0.25, 0.3) is 118 Å². The minimum atomic E-state index is -0.254. The normalized spacial score (nSPS) is 13.0. The van der Waals surface area contributed by atoms with E-state index in [0.717, 1.165) is 82.8 Å². The van der Waals surface area contributed by atoms with Crippen molar-refractivity contribution in [2.24, 2.45) is 0 Å². The van der Waals surface area contributed by atoms with E-state index in [4.69, 9.17) is 19.4 Å². The summed E-state index contributed by atoms with van der Waals surface area (Å²) in [5.74, 6) is 1.85. The van der Waals surface area contributed by atoms with Crippen LogP contribution in [0.1, 0.15) is 41.9 Å². The number of aryl methyl sites for hydroxylation is 1. The molecule has 0 saturated heterocycles. The van der Waals surface area contributed by atoms with Gasteiger partial charge in [0, 0.05) is 43.7 Å². The fraction of sp³-hybridized carbons (Fsp3) is 0.0635. The van der Waals surface area contributed by atoms with Crippen molar-refractivity contribution in [1.82, 2.24) is 19.5 Å². The van der Waals surface area contributed by atoms with Gasteiger partial charge in [-0.3, -0.25) is 0 Å². The third-order valence-electron chi connectivity index (χ3n) is 14.0. The van der Waals surface area contributed by atoms with Gasteiger partial charge in [-0.25, -0.2) is 15.0 Å². The van der Waals surface area contributed by atoms with Gasteiger partial charge in [0.1, 0.15) is 5.58 Å². The van der Waals surface area contributed by atoms with Crippen molar-refractivity contribution in [3.63, 3.8) is 0 Å². The van der Waals surface area contributed by atoms with E-state index in [2.05, 4.69) is 219 Å². The van der Waals surface area contributed by atoms with E-state index in [-0.39, 0.29) is 5.41 Å². The van der Waals surface area contributed by atoms with Gasteiger partial charge in [0.15, 0.2) is 23.1 Å². The first kappa shape index (κ1) is 39.7. The lowest BCUT2D eigenvalue weighted by Crippen LogP contribution is -2.17. The van der Waals surface area contributed by atoms with Crippen LogP contribution in [0.2, 0.25) is 0 Å². The predicted octanol–water partition coefficient (Wildman–Crippen LogP) is 16.3. The Morgan fingerprint density at radius 3 is 1.99 bits per heavy atom. The molecule has 0 amide bonds. The maximum atomic E-state index is 6.91. The number of hydrogen-bond acceptors (Lipinski definition) is 4. The molecular formula is C63H44N4O. The molecule has 3 heterocycles. The Balaban J connectivity index is 1.06. The third-order valence-corrected chi connectivity index (χ3v) is 14.0. The largest absolute Gasteiger partial charge is 0.454 e. The van der Waals surface area contributed by atoms with Crippen molar-refractivity contribution in [1.29, 1.82) is 0 Å². The molecule has 9 aromatic carbocycles. The molecule has 0 bridgehead atoms. The molecule has 1 aliphatic carbocycles. The molecule has 12 aromatic rings. The number of aromatic nitrogens is 4. The quantitative estimate of drug-likeness (QED) is 0.160. The molecule has 0 spiro atoms. The monoisotopic (exact) mass is 872 g/mol. The highest BCUT2D eigenvalue weighted by Crippen LogP contribution is 2.52. The van der Waals surface area contributed by atoms with Crippen LogP contribution in [-0.4, -0.2) is 19.5 Å². The molecular weight excluding hydrogens is 829 g/mol. The maximum absolute atomic E-state index is 6.91. The van der Waals surface area contributed by atoms with Gasteiger partial charge in [-0.2, -0.15) is 0 Å². The van der Waals surface area contributed by atoms with Gasteiger partial charge < -0.3 is 8.98 Å². The minimum absolute atomic E-state index is 0.254.